The van der Waals surface area contributed by atoms with Crippen molar-refractivity contribution < 1.29 is 4.74 Å². The smallest absolute Gasteiger partial charge is 0.123 e. The Labute approximate surface area is 118 Å². The molecule has 1 fully saturated rings. The second kappa shape index (κ2) is 7.24. The zero-order valence-corrected chi connectivity index (χ0v) is 12.4. The molecule has 0 saturated carbocycles. The van der Waals surface area contributed by atoms with Crippen molar-refractivity contribution in [3.63, 3.8) is 0 Å². The van der Waals surface area contributed by atoms with Crippen LogP contribution in [0.2, 0.25) is 0 Å². The lowest BCUT2D eigenvalue weighted by atomic mass is 10.1. The maximum atomic E-state index is 6.05. The number of rotatable bonds is 3. The third-order valence-electron chi connectivity index (χ3n) is 2.95. The van der Waals surface area contributed by atoms with Gasteiger partial charge in [-0.2, -0.15) is 0 Å². The SMILES string of the molecule is CCc1cc(Br)ccc1OC1CCCNC1.Cl. The van der Waals surface area contributed by atoms with Gasteiger partial charge in [0.25, 0.3) is 0 Å². The quantitative estimate of drug-likeness (QED) is 0.919. The van der Waals surface area contributed by atoms with E-state index in [-0.39, 0.29) is 12.4 Å². The van der Waals surface area contributed by atoms with Gasteiger partial charge in [-0.1, -0.05) is 22.9 Å². The van der Waals surface area contributed by atoms with Crippen LogP contribution in [0.5, 0.6) is 5.75 Å². The Hall–Kier alpha value is -0.250. The van der Waals surface area contributed by atoms with Crippen LogP contribution in [0.3, 0.4) is 0 Å². The number of halogens is 2. The monoisotopic (exact) mass is 319 g/mol. The molecule has 0 amide bonds. The second-order valence-electron chi connectivity index (χ2n) is 4.19. The van der Waals surface area contributed by atoms with Gasteiger partial charge < -0.3 is 10.1 Å². The molecule has 0 aromatic heterocycles. The van der Waals surface area contributed by atoms with Crippen molar-refractivity contribution in [2.45, 2.75) is 32.3 Å². The summed E-state index contributed by atoms with van der Waals surface area (Å²) >= 11 is 3.49. The van der Waals surface area contributed by atoms with Gasteiger partial charge in [0.05, 0.1) is 0 Å². The summed E-state index contributed by atoms with van der Waals surface area (Å²) in [6.45, 7) is 4.26. The van der Waals surface area contributed by atoms with E-state index in [1.807, 2.05) is 6.07 Å². The van der Waals surface area contributed by atoms with Gasteiger partial charge in [0, 0.05) is 11.0 Å². The highest BCUT2D eigenvalue weighted by Gasteiger charge is 2.15. The Kier molecular flexibility index (Phi) is 6.31. The number of hydrogen-bond donors (Lipinski definition) is 1. The Morgan fingerprint density at radius 1 is 1.47 bits per heavy atom. The van der Waals surface area contributed by atoms with Crippen LogP contribution in [0.25, 0.3) is 0 Å². The van der Waals surface area contributed by atoms with E-state index in [0.29, 0.717) is 6.10 Å². The molecule has 2 nitrogen and oxygen atoms in total. The van der Waals surface area contributed by atoms with E-state index in [9.17, 15) is 0 Å². The van der Waals surface area contributed by atoms with Gasteiger partial charge in [-0.05, 0) is 49.6 Å². The molecule has 0 bridgehead atoms. The zero-order chi connectivity index (χ0) is 11.4. The van der Waals surface area contributed by atoms with Crippen molar-refractivity contribution in [1.82, 2.24) is 5.32 Å². The first-order chi connectivity index (χ1) is 7.79. The van der Waals surface area contributed by atoms with Gasteiger partial charge >= 0.3 is 0 Å². The molecule has 1 heterocycles. The number of hydrogen-bond acceptors (Lipinski definition) is 2. The highest BCUT2D eigenvalue weighted by Crippen LogP contribution is 2.25. The fourth-order valence-electron chi connectivity index (χ4n) is 2.04. The average Bonchev–Trinajstić information content (AvgIpc) is 2.33. The van der Waals surface area contributed by atoms with Crippen LogP contribution < -0.4 is 10.1 Å². The van der Waals surface area contributed by atoms with Gasteiger partial charge in [0.15, 0.2) is 0 Å². The fourth-order valence-corrected chi connectivity index (χ4v) is 2.45. The summed E-state index contributed by atoms with van der Waals surface area (Å²) in [7, 11) is 0. The second-order valence-corrected chi connectivity index (χ2v) is 5.11. The molecule has 1 saturated heterocycles. The Balaban J connectivity index is 0.00000144. The molecule has 1 N–H and O–H groups in total. The molecule has 0 radical (unpaired) electrons. The van der Waals surface area contributed by atoms with Crippen LogP contribution in [0.4, 0.5) is 0 Å². The molecule has 4 heteroatoms. The Morgan fingerprint density at radius 2 is 2.29 bits per heavy atom. The normalized spacial score (nSPS) is 19.5. The molecule has 96 valence electrons. The largest absolute Gasteiger partial charge is 0.489 e. The van der Waals surface area contributed by atoms with Gasteiger partial charge in [0.1, 0.15) is 11.9 Å². The first-order valence-electron chi connectivity index (χ1n) is 5.95. The van der Waals surface area contributed by atoms with Crippen molar-refractivity contribution in [3.8, 4) is 5.75 Å². The van der Waals surface area contributed by atoms with Crippen LogP contribution >= 0.6 is 28.3 Å². The highest BCUT2D eigenvalue weighted by molar-refractivity contribution is 9.10. The molecule has 1 aliphatic rings. The summed E-state index contributed by atoms with van der Waals surface area (Å²) in [5.41, 5.74) is 1.28. The van der Waals surface area contributed by atoms with Crippen LogP contribution in [0.1, 0.15) is 25.3 Å². The molecule has 1 unspecified atom stereocenters. The van der Waals surface area contributed by atoms with E-state index in [0.717, 1.165) is 36.2 Å². The van der Waals surface area contributed by atoms with Crippen molar-refractivity contribution in [3.05, 3.63) is 28.2 Å². The standard InChI is InChI=1S/C13H18BrNO.ClH/c1-2-10-8-11(14)5-6-13(10)16-12-4-3-7-15-9-12;/h5-6,8,12,15H,2-4,7,9H2,1H3;1H. The summed E-state index contributed by atoms with van der Waals surface area (Å²) in [6.07, 6.45) is 3.71. The van der Waals surface area contributed by atoms with Crippen LogP contribution in [0, 0.1) is 0 Å². The number of nitrogens with one attached hydrogen (secondary N) is 1. The lowest BCUT2D eigenvalue weighted by molar-refractivity contribution is 0.165. The van der Waals surface area contributed by atoms with Crippen molar-refractivity contribution >= 4 is 28.3 Å². The molecule has 0 aliphatic carbocycles. The number of aryl methyl sites for hydroxylation is 1. The fraction of sp³-hybridized carbons (Fsp3) is 0.538. The average molecular weight is 321 g/mol. The van der Waals surface area contributed by atoms with E-state index >= 15 is 0 Å². The minimum atomic E-state index is 0. The molecule has 17 heavy (non-hydrogen) atoms. The predicted molar refractivity (Wildman–Crippen MR) is 77.3 cm³/mol. The number of piperidine rings is 1. The van der Waals surface area contributed by atoms with E-state index in [1.165, 1.54) is 12.0 Å². The summed E-state index contributed by atoms with van der Waals surface area (Å²) < 4.78 is 7.17. The molecule has 1 aromatic rings. The van der Waals surface area contributed by atoms with E-state index in [1.54, 1.807) is 0 Å². The van der Waals surface area contributed by atoms with E-state index < -0.39 is 0 Å². The molecule has 0 spiro atoms. The lowest BCUT2D eigenvalue weighted by Crippen LogP contribution is -2.37. The molecule has 1 aliphatic heterocycles. The van der Waals surface area contributed by atoms with Crippen LogP contribution in [-0.4, -0.2) is 19.2 Å². The zero-order valence-electron chi connectivity index (χ0n) is 10.0. The Morgan fingerprint density at radius 3 is 2.94 bits per heavy atom. The predicted octanol–water partition coefficient (Wildman–Crippen LogP) is 3.56. The molecular weight excluding hydrogens is 302 g/mol. The molecule has 1 atom stereocenters. The molecular formula is C13H19BrClNO. The van der Waals surface area contributed by atoms with Gasteiger partial charge in [0.2, 0.25) is 0 Å². The van der Waals surface area contributed by atoms with E-state index in [4.69, 9.17) is 4.74 Å². The lowest BCUT2D eigenvalue weighted by Gasteiger charge is -2.25. The van der Waals surface area contributed by atoms with E-state index in [2.05, 4.69) is 40.3 Å². The van der Waals surface area contributed by atoms with Crippen molar-refractivity contribution in [1.29, 1.82) is 0 Å². The molecule has 2 rings (SSSR count). The third kappa shape index (κ3) is 4.16. The van der Waals surface area contributed by atoms with Crippen molar-refractivity contribution in [2.24, 2.45) is 0 Å². The van der Waals surface area contributed by atoms with Gasteiger partial charge in [-0.3, -0.25) is 0 Å². The maximum absolute atomic E-state index is 6.05. The summed E-state index contributed by atoms with van der Waals surface area (Å²) in [5.74, 6) is 1.04. The first-order valence-corrected chi connectivity index (χ1v) is 6.74. The summed E-state index contributed by atoms with van der Waals surface area (Å²) in [6, 6.07) is 6.26. The minimum absolute atomic E-state index is 0. The summed E-state index contributed by atoms with van der Waals surface area (Å²) in [4.78, 5) is 0. The third-order valence-corrected chi connectivity index (χ3v) is 3.44. The van der Waals surface area contributed by atoms with Crippen LogP contribution in [-0.2, 0) is 6.42 Å². The topological polar surface area (TPSA) is 21.3 Å². The number of ether oxygens (including phenoxy) is 1. The van der Waals surface area contributed by atoms with Gasteiger partial charge in [-0.15, -0.1) is 12.4 Å². The number of benzene rings is 1. The Bertz CT molecular complexity index is 353. The molecule has 1 aromatic carbocycles. The minimum Gasteiger partial charge on any atom is -0.489 e. The van der Waals surface area contributed by atoms with Crippen LogP contribution in [0.15, 0.2) is 22.7 Å². The highest BCUT2D eigenvalue weighted by atomic mass is 79.9. The van der Waals surface area contributed by atoms with Crippen molar-refractivity contribution in [2.75, 3.05) is 13.1 Å². The first kappa shape index (κ1) is 14.8. The van der Waals surface area contributed by atoms with Gasteiger partial charge in [-0.25, -0.2) is 0 Å². The summed E-state index contributed by atoms with van der Waals surface area (Å²) in [5, 5.41) is 3.37. The maximum Gasteiger partial charge on any atom is 0.123 e.